The van der Waals surface area contributed by atoms with E-state index in [-0.39, 0.29) is 16.6 Å². The van der Waals surface area contributed by atoms with E-state index in [2.05, 4.69) is 10.1 Å². The van der Waals surface area contributed by atoms with Crippen molar-refractivity contribution < 1.29 is 14.4 Å². The molecule has 1 aliphatic rings. The molecule has 3 aromatic rings. The fourth-order valence-corrected chi connectivity index (χ4v) is 4.07. The molecule has 1 aliphatic heterocycles. The van der Waals surface area contributed by atoms with Crippen molar-refractivity contribution in [2.75, 3.05) is 13.1 Å². The quantitative estimate of drug-likeness (QED) is 0.502. The fourth-order valence-electron chi connectivity index (χ4n) is 3.95. The highest BCUT2D eigenvalue weighted by Gasteiger charge is 2.21. The van der Waals surface area contributed by atoms with Crippen LogP contribution in [-0.2, 0) is 6.54 Å². The Morgan fingerprint density at radius 2 is 1.90 bits per heavy atom. The summed E-state index contributed by atoms with van der Waals surface area (Å²) in [7, 11) is 0. The zero-order chi connectivity index (χ0) is 20.9. The summed E-state index contributed by atoms with van der Waals surface area (Å²) in [5.41, 5.74) is 2.45. The zero-order valence-corrected chi connectivity index (χ0v) is 17.5. The van der Waals surface area contributed by atoms with Gasteiger partial charge in [-0.1, -0.05) is 47.1 Å². The summed E-state index contributed by atoms with van der Waals surface area (Å²) >= 11 is 5.81. The highest BCUT2D eigenvalue weighted by Crippen LogP contribution is 2.27. The summed E-state index contributed by atoms with van der Waals surface area (Å²) < 4.78 is 5.53. The zero-order valence-electron chi connectivity index (χ0n) is 16.8. The number of rotatable bonds is 7. The Balaban J connectivity index is 1.23. The van der Waals surface area contributed by atoms with Crippen LogP contribution in [0, 0.1) is 5.92 Å². The van der Waals surface area contributed by atoms with E-state index < -0.39 is 0 Å². The van der Waals surface area contributed by atoms with E-state index in [1.807, 2.05) is 36.4 Å². The summed E-state index contributed by atoms with van der Waals surface area (Å²) in [6.45, 7) is 2.74. The maximum atomic E-state index is 12.4. The predicted molar refractivity (Wildman–Crippen MR) is 117 cm³/mol. The van der Waals surface area contributed by atoms with E-state index in [4.69, 9.17) is 16.1 Å². The number of hydrogen-bond acceptors (Lipinski definition) is 5. The molecule has 5 nitrogen and oxygen atoms in total. The molecule has 6 heteroatoms. The lowest BCUT2D eigenvalue weighted by Gasteiger charge is -2.31. The monoisotopic (exact) mass is 424 g/mol. The van der Waals surface area contributed by atoms with Crippen LogP contribution in [0.15, 0.2) is 59.1 Å². The van der Waals surface area contributed by atoms with Gasteiger partial charge in [0.1, 0.15) is 11.4 Å². The SMILES string of the molecule is O=C(CCC1CCN(Cc2cc(-c3ccccc3)no2)CC1)c1ccc(Cl)c(O)c1. The Bertz CT molecular complexity index is 995. The summed E-state index contributed by atoms with van der Waals surface area (Å²) in [4.78, 5) is 14.8. The van der Waals surface area contributed by atoms with E-state index in [0.717, 1.165) is 55.9 Å². The van der Waals surface area contributed by atoms with Crippen LogP contribution in [0.4, 0.5) is 0 Å². The first-order valence-electron chi connectivity index (χ1n) is 10.3. The fraction of sp³-hybridized carbons (Fsp3) is 0.333. The number of benzene rings is 2. The van der Waals surface area contributed by atoms with E-state index in [9.17, 15) is 9.90 Å². The van der Waals surface area contributed by atoms with Gasteiger partial charge in [0, 0.05) is 23.6 Å². The number of phenols is 1. The van der Waals surface area contributed by atoms with Crippen LogP contribution in [-0.4, -0.2) is 34.0 Å². The lowest BCUT2D eigenvalue weighted by atomic mass is 9.90. The number of likely N-dealkylation sites (tertiary alicyclic amines) is 1. The minimum atomic E-state index is -0.0429. The standard InChI is InChI=1S/C24H25ClN2O3/c25-21-8-7-19(14-24(21)29)23(28)9-6-17-10-12-27(13-11-17)16-20-15-22(26-30-20)18-4-2-1-3-5-18/h1-5,7-8,14-15,17,29H,6,9-13,16H2. The molecule has 0 spiro atoms. The van der Waals surface area contributed by atoms with Crippen molar-refractivity contribution in [1.82, 2.24) is 10.1 Å². The number of carbonyl (C=O) groups excluding carboxylic acids is 1. The number of nitrogens with zero attached hydrogens (tertiary/aromatic N) is 2. The van der Waals surface area contributed by atoms with Gasteiger partial charge in [-0.15, -0.1) is 0 Å². The largest absolute Gasteiger partial charge is 0.506 e. The molecule has 0 bridgehead atoms. The highest BCUT2D eigenvalue weighted by molar-refractivity contribution is 6.32. The Hall–Kier alpha value is -2.63. The second-order valence-electron chi connectivity index (χ2n) is 7.89. The first-order chi connectivity index (χ1) is 14.6. The maximum Gasteiger partial charge on any atom is 0.163 e. The normalized spacial score (nSPS) is 15.4. The van der Waals surface area contributed by atoms with Gasteiger partial charge in [0.25, 0.3) is 0 Å². The van der Waals surface area contributed by atoms with Gasteiger partial charge < -0.3 is 9.63 Å². The Labute approximate surface area is 181 Å². The van der Waals surface area contributed by atoms with Crippen molar-refractivity contribution in [1.29, 1.82) is 0 Å². The topological polar surface area (TPSA) is 66.6 Å². The molecule has 0 amide bonds. The summed E-state index contributed by atoms with van der Waals surface area (Å²) in [5.74, 6) is 1.43. The summed E-state index contributed by atoms with van der Waals surface area (Å²) in [5, 5.41) is 14.1. The number of phenolic OH excluding ortho intramolecular Hbond substituents is 1. The van der Waals surface area contributed by atoms with Gasteiger partial charge >= 0.3 is 0 Å². The van der Waals surface area contributed by atoms with Crippen LogP contribution in [0.5, 0.6) is 5.75 Å². The molecule has 2 heterocycles. The first kappa shape index (κ1) is 20.6. The number of carbonyl (C=O) groups is 1. The molecule has 1 aromatic heterocycles. The second-order valence-corrected chi connectivity index (χ2v) is 8.30. The van der Waals surface area contributed by atoms with Crippen molar-refractivity contribution in [2.24, 2.45) is 5.92 Å². The number of piperidine rings is 1. The average molecular weight is 425 g/mol. The van der Waals surface area contributed by atoms with Gasteiger partial charge in [0.05, 0.1) is 11.6 Å². The third-order valence-corrected chi connectivity index (χ3v) is 6.08. The van der Waals surface area contributed by atoms with E-state index in [1.165, 1.54) is 6.07 Å². The van der Waals surface area contributed by atoms with Crippen molar-refractivity contribution >= 4 is 17.4 Å². The third kappa shape index (κ3) is 5.10. The van der Waals surface area contributed by atoms with Crippen LogP contribution >= 0.6 is 11.6 Å². The first-order valence-corrected chi connectivity index (χ1v) is 10.7. The molecule has 0 aliphatic carbocycles. The molecule has 30 heavy (non-hydrogen) atoms. The molecule has 4 rings (SSSR count). The Kier molecular flexibility index (Phi) is 6.50. The molecule has 0 atom stereocenters. The van der Waals surface area contributed by atoms with Crippen LogP contribution in [0.1, 0.15) is 41.8 Å². The van der Waals surface area contributed by atoms with Crippen LogP contribution in [0.25, 0.3) is 11.3 Å². The molecule has 2 aromatic carbocycles. The number of hydrogen-bond donors (Lipinski definition) is 1. The molecule has 156 valence electrons. The van der Waals surface area contributed by atoms with Crippen molar-refractivity contribution in [3.05, 3.63) is 70.9 Å². The molecule has 1 fully saturated rings. The minimum absolute atomic E-state index is 0.0429. The number of aromatic hydroxyl groups is 1. The lowest BCUT2D eigenvalue weighted by molar-refractivity contribution is 0.0959. The minimum Gasteiger partial charge on any atom is -0.506 e. The van der Waals surface area contributed by atoms with Crippen LogP contribution < -0.4 is 0 Å². The Morgan fingerprint density at radius 1 is 1.13 bits per heavy atom. The number of aromatic nitrogens is 1. The molecule has 0 saturated carbocycles. The smallest absolute Gasteiger partial charge is 0.163 e. The third-order valence-electron chi connectivity index (χ3n) is 5.76. The molecular weight excluding hydrogens is 400 g/mol. The second kappa shape index (κ2) is 9.45. The summed E-state index contributed by atoms with van der Waals surface area (Å²) in [6.07, 6.45) is 3.50. The molecule has 0 unspecified atom stereocenters. The van der Waals surface area contributed by atoms with Gasteiger partial charge in [0.15, 0.2) is 11.5 Å². The van der Waals surface area contributed by atoms with Gasteiger partial charge in [-0.25, -0.2) is 0 Å². The molecular formula is C24H25ClN2O3. The van der Waals surface area contributed by atoms with Crippen LogP contribution in [0.2, 0.25) is 5.02 Å². The Morgan fingerprint density at radius 3 is 2.63 bits per heavy atom. The van der Waals surface area contributed by atoms with Crippen molar-refractivity contribution in [3.63, 3.8) is 0 Å². The summed E-state index contributed by atoms with van der Waals surface area (Å²) in [6, 6.07) is 16.7. The van der Waals surface area contributed by atoms with Gasteiger partial charge in [-0.3, -0.25) is 9.69 Å². The van der Waals surface area contributed by atoms with E-state index in [0.29, 0.717) is 17.9 Å². The lowest BCUT2D eigenvalue weighted by Crippen LogP contribution is -2.33. The van der Waals surface area contributed by atoms with Crippen LogP contribution in [0.3, 0.4) is 0 Å². The number of Topliss-reactive ketones (excluding diaryl/α,β-unsaturated/α-hetero) is 1. The highest BCUT2D eigenvalue weighted by atomic mass is 35.5. The van der Waals surface area contributed by atoms with E-state index >= 15 is 0 Å². The van der Waals surface area contributed by atoms with Gasteiger partial charge in [-0.2, -0.15) is 0 Å². The predicted octanol–water partition coefficient (Wildman–Crippen LogP) is 5.58. The van der Waals surface area contributed by atoms with Crippen molar-refractivity contribution in [2.45, 2.75) is 32.2 Å². The average Bonchev–Trinajstić information content (AvgIpc) is 3.24. The van der Waals surface area contributed by atoms with Crippen molar-refractivity contribution in [3.8, 4) is 17.0 Å². The van der Waals surface area contributed by atoms with Gasteiger partial charge in [0.2, 0.25) is 0 Å². The van der Waals surface area contributed by atoms with E-state index in [1.54, 1.807) is 12.1 Å². The molecule has 0 radical (unpaired) electrons. The molecule has 1 N–H and O–H groups in total. The number of halogens is 1. The number of ketones is 1. The molecule has 1 saturated heterocycles. The van der Waals surface area contributed by atoms with Gasteiger partial charge in [-0.05, 0) is 56.5 Å². The maximum absolute atomic E-state index is 12.4.